The normalized spacial score (nSPS) is 15.0. The lowest BCUT2D eigenvalue weighted by Crippen LogP contribution is -2.56. The number of nitrogens with one attached hydrogen (secondary N) is 1. The van der Waals surface area contributed by atoms with Gasteiger partial charge in [0.2, 0.25) is 5.91 Å². The van der Waals surface area contributed by atoms with Crippen LogP contribution in [0.15, 0.2) is 78.9 Å². The van der Waals surface area contributed by atoms with Crippen molar-refractivity contribution < 1.29 is 23.9 Å². The molecule has 0 bridgehead atoms. The van der Waals surface area contributed by atoms with E-state index in [1.165, 1.54) is 12.0 Å². The molecule has 8 nitrogen and oxygen atoms in total. The third-order valence-corrected chi connectivity index (χ3v) is 6.35. The Morgan fingerprint density at radius 3 is 2.41 bits per heavy atom. The molecule has 3 aromatic rings. The minimum Gasteiger partial charge on any atom is -0.467 e. The molecule has 1 aliphatic rings. The van der Waals surface area contributed by atoms with Gasteiger partial charge in [0.05, 0.1) is 25.3 Å². The van der Waals surface area contributed by atoms with Crippen LogP contribution in [0, 0.1) is 11.3 Å². The van der Waals surface area contributed by atoms with Crippen molar-refractivity contribution in [3.63, 3.8) is 0 Å². The molecule has 1 N–H and O–H groups in total. The summed E-state index contributed by atoms with van der Waals surface area (Å²) in [7, 11) is 1.24. The standard InChI is InChI=1S/C29H27N3O5/c1-36-28(34)25(15-21-11-5-7-13-23(21)17-30)31-27(33)26-16-22-12-6-8-14-24(22)18-32(26)29(35)37-19-20-9-3-2-4-10-20/h2-14,25-26H,15-16,18-19H2,1H3,(H,31,33)/t25-,26-/m0/s1. The molecule has 0 radical (unpaired) electrons. The maximum Gasteiger partial charge on any atom is 0.411 e. The van der Waals surface area contributed by atoms with Crippen LogP contribution in [0.4, 0.5) is 4.79 Å². The molecule has 0 saturated carbocycles. The van der Waals surface area contributed by atoms with Gasteiger partial charge >= 0.3 is 12.1 Å². The highest BCUT2D eigenvalue weighted by Crippen LogP contribution is 2.25. The Kier molecular flexibility index (Phi) is 8.16. The molecule has 1 heterocycles. The second-order valence-electron chi connectivity index (χ2n) is 8.71. The van der Waals surface area contributed by atoms with E-state index in [4.69, 9.17) is 9.47 Å². The van der Waals surface area contributed by atoms with E-state index >= 15 is 0 Å². The summed E-state index contributed by atoms with van der Waals surface area (Å²) >= 11 is 0. The first kappa shape index (κ1) is 25.5. The first-order valence-corrected chi connectivity index (χ1v) is 11.9. The highest BCUT2D eigenvalue weighted by molar-refractivity contribution is 5.90. The number of benzene rings is 3. The summed E-state index contributed by atoms with van der Waals surface area (Å²) in [6.07, 6.45) is -0.280. The Morgan fingerprint density at radius 1 is 1.00 bits per heavy atom. The lowest BCUT2D eigenvalue weighted by molar-refractivity contribution is -0.145. The molecule has 37 heavy (non-hydrogen) atoms. The molecular formula is C29H27N3O5. The van der Waals surface area contributed by atoms with Crippen LogP contribution in [-0.4, -0.2) is 42.1 Å². The number of hydrogen-bond donors (Lipinski definition) is 1. The number of ether oxygens (including phenoxy) is 2. The largest absolute Gasteiger partial charge is 0.467 e. The van der Waals surface area contributed by atoms with Gasteiger partial charge in [-0.2, -0.15) is 5.26 Å². The maximum absolute atomic E-state index is 13.5. The predicted molar refractivity (Wildman–Crippen MR) is 135 cm³/mol. The number of nitriles is 1. The number of amides is 2. The van der Waals surface area contributed by atoms with Crippen molar-refractivity contribution in [1.29, 1.82) is 5.26 Å². The zero-order chi connectivity index (χ0) is 26.2. The molecule has 0 unspecified atom stereocenters. The van der Waals surface area contributed by atoms with Crippen molar-refractivity contribution in [3.8, 4) is 6.07 Å². The molecule has 1 aliphatic heterocycles. The van der Waals surface area contributed by atoms with Gasteiger partial charge in [-0.15, -0.1) is 0 Å². The van der Waals surface area contributed by atoms with Crippen molar-refractivity contribution in [2.24, 2.45) is 0 Å². The topological polar surface area (TPSA) is 109 Å². The van der Waals surface area contributed by atoms with Gasteiger partial charge in [0.15, 0.2) is 0 Å². The molecule has 3 aromatic carbocycles. The quantitative estimate of drug-likeness (QED) is 0.501. The Labute approximate surface area is 215 Å². The van der Waals surface area contributed by atoms with Crippen molar-refractivity contribution >= 4 is 18.0 Å². The zero-order valence-corrected chi connectivity index (χ0v) is 20.4. The van der Waals surface area contributed by atoms with E-state index < -0.39 is 30.1 Å². The highest BCUT2D eigenvalue weighted by atomic mass is 16.6. The van der Waals surface area contributed by atoms with E-state index in [1.54, 1.807) is 24.3 Å². The molecule has 0 fully saturated rings. The van der Waals surface area contributed by atoms with Crippen LogP contribution in [-0.2, 0) is 45.1 Å². The number of carbonyl (C=O) groups excluding carboxylic acids is 3. The summed E-state index contributed by atoms with van der Waals surface area (Å²) in [5, 5.41) is 12.2. The second kappa shape index (κ2) is 11.9. The maximum atomic E-state index is 13.5. The molecular weight excluding hydrogens is 470 g/mol. The van der Waals surface area contributed by atoms with Crippen LogP contribution in [0.25, 0.3) is 0 Å². The second-order valence-corrected chi connectivity index (χ2v) is 8.71. The van der Waals surface area contributed by atoms with Gasteiger partial charge in [0.1, 0.15) is 18.7 Å². The molecule has 188 valence electrons. The molecule has 2 atom stereocenters. The number of methoxy groups -OCH3 is 1. The van der Waals surface area contributed by atoms with Crippen LogP contribution in [0.2, 0.25) is 0 Å². The van der Waals surface area contributed by atoms with E-state index in [-0.39, 0.29) is 26.0 Å². The lowest BCUT2D eigenvalue weighted by Gasteiger charge is -2.35. The third kappa shape index (κ3) is 6.14. The van der Waals surface area contributed by atoms with Crippen molar-refractivity contribution in [2.45, 2.75) is 38.1 Å². The van der Waals surface area contributed by atoms with Crippen molar-refractivity contribution in [1.82, 2.24) is 10.2 Å². The average Bonchev–Trinajstić information content (AvgIpc) is 2.95. The van der Waals surface area contributed by atoms with E-state index in [9.17, 15) is 19.6 Å². The number of esters is 1. The summed E-state index contributed by atoms with van der Waals surface area (Å²) in [4.78, 5) is 40.7. The Morgan fingerprint density at radius 2 is 1.68 bits per heavy atom. The fraction of sp³-hybridized carbons (Fsp3) is 0.241. The summed E-state index contributed by atoms with van der Waals surface area (Å²) < 4.78 is 10.5. The molecule has 0 aromatic heterocycles. The summed E-state index contributed by atoms with van der Waals surface area (Å²) in [6, 6.07) is 23.9. The summed E-state index contributed by atoms with van der Waals surface area (Å²) in [6.45, 7) is 0.268. The van der Waals surface area contributed by atoms with Gasteiger partial charge in [-0.05, 0) is 28.3 Å². The van der Waals surface area contributed by atoms with Gasteiger partial charge in [0, 0.05) is 12.8 Å². The Bertz CT molecular complexity index is 1320. The van der Waals surface area contributed by atoms with Crippen LogP contribution in [0.1, 0.15) is 27.8 Å². The smallest absolute Gasteiger partial charge is 0.411 e. The van der Waals surface area contributed by atoms with E-state index in [0.29, 0.717) is 11.1 Å². The van der Waals surface area contributed by atoms with Gasteiger partial charge in [0.25, 0.3) is 0 Å². The number of nitrogens with zero attached hydrogens (tertiary/aromatic N) is 2. The zero-order valence-electron chi connectivity index (χ0n) is 20.4. The predicted octanol–water partition coefficient (Wildman–Crippen LogP) is 3.52. The molecule has 8 heteroatoms. The number of carbonyl (C=O) groups is 3. The first-order valence-electron chi connectivity index (χ1n) is 11.9. The van der Waals surface area contributed by atoms with Gasteiger partial charge in [-0.1, -0.05) is 72.8 Å². The van der Waals surface area contributed by atoms with Crippen molar-refractivity contribution in [3.05, 3.63) is 107 Å². The minimum absolute atomic E-state index is 0.0713. The Hall–Kier alpha value is -4.64. The van der Waals surface area contributed by atoms with Crippen LogP contribution in [0.3, 0.4) is 0 Å². The number of rotatable bonds is 7. The lowest BCUT2D eigenvalue weighted by atomic mass is 9.93. The fourth-order valence-corrected chi connectivity index (χ4v) is 4.38. The molecule has 4 rings (SSSR count). The van der Waals surface area contributed by atoms with Crippen LogP contribution >= 0.6 is 0 Å². The first-order chi connectivity index (χ1) is 18.0. The average molecular weight is 498 g/mol. The highest BCUT2D eigenvalue weighted by Gasteiger charge is 2.37. The van der Waals surface area contributed by atoms with Crippen LogP contribution < -0.4 is 5.32 Å². The van der Waals surface area contributed by atoms with Crippen LogP contribution in [0.5, 0.6) is 0 Å². The van der Waals surface area contributed by atoms with Gasteiger partial charge < -0.3 is 14.8 Å². The number of hydrogen-bond acceptors (Lipinski definition) is 6. The van der Waals surface area contributed by atoms with E-state index in [1.807, 2.05) is 54.6 Å². The SMILES string of the molecule is COC(=O)[C@H](Cc1ccccc1C#N)NC(=O)[C@@H]1Cc2ccccc2CN1C(=O)OCc1ccccc1. The molecule has 0 aliphatic carbocycles. The fourth-order valence-electron chi connectivity index (χ4n) is 4.38. The third-order valence-electron chi connectivity index (χ3n) is 6.35. The van der Waals surface area contributed by atoms with Gasteiger partial charge in [-0.25, -0.2) is 9.59 Å². The summed E-state index contributed by atoms with van der Waals surface area (Å²) in [5.74, 6) is -1.15. The summed E-state index contributed by atoms with van der Waals surface area (Å²) in [5.41, 5.74) is 3.71. The molecule has 2 amide bonds. The van der Waals surface area contributed by atoms with Crippen molar-refractivity contribution in [2.75, 3.05) is 7.11 Å². The monoisotopic (exact) mass is 497 g/mol. The Balaban J connectivity index is 1.55. The minimum atomic E-state index is -1.04. The van der Waals surface area contributed by atoms with Gasteiger partial charge in [-0.3, -0.25) is 9.69 Å². The molecule has 0 saturated heterocycles. The van der Waals surface area contributed by atoms with E-state index in [0.717, 1.165) is 16.7 Å². The van der Waals surface area contributed by atoms with E-state index in [2.05, 4.69) is 11.4 Å². The number of fused-ring (bicyclic) bond motifs is 1. The molecule has 0 spiro atoms.